The predicted octanol–water partition coefficient (Wildman–Crippen LogP) is 3.16. The topological polar surface area (TPSA) is 46.3 Å². The van der Waals surface area contributed by atoms with Gasteiger partial charge in [-0.15, -0.1) is 6.58 Å². The molecular weight excluding hydrogens is 248 g/mol. The molecule has 20 heavy (non-hydrogen) atoms. The zero-order chi connectivity index (χ0) is 14.4. The molecule has 108 valence electrons. The maximum Gasteiger partial charge on any atom is 0.223 e. The SMILES string of the molecule is C=CCN(C(=O)CCc1ccccc1N)C1CCCC1. The van der Waals surface area contributed by atoms with E-state index in [1.54, 1.807) is 0 Å². The van der Waals surface area contributed by atoms with Crippen molar-refractivity contribution >= 4 is 11.6 Å². The number of carbonyl (C=O) groups excluding carboxylic acids is 1. The summed E-state index contributed by atoms with van der Waals surface area (Å²) >= 11 is 0. The first-order chi connectivity index (χ1) is 9.72. The molecule has 0 saturated heterocycles. The number of benzene rings is 1. The molecule has 0 unspecified atom stereocenters. The molecule has 1 aliphatic rings. The smallest absolute Gasteiger partial charge is 0.223 e. The molecule has 0 atom stereocenters. The fourth-order valence-corrected chi connectivity index (χ4v) is 2.96. The second kappa shape index (κ2) is 7.13. The molecule has 3 nitrogen and oxygen atoms in total. The summed E-state index contributed by atoms with van der Waals surface area (Å²) in [5.41, 5.74) is 7.76. The minimum atomic E-state index is 0.222. The van der Waals surface area contributed by atoms with E-state index in [-0.39, 0.29) is 5.91 Å². The molecule has 3 heteroatoms. The lowest BCUT2D eigenvalue weighted by Gasteiger charge is -2.28. The number of nitrogens with two attached hydrogens (primary N) is 1. The van der Waals surface area contributed by atoms with E-state index in [9.17, 15) is 4.79 Å². The maximum atomic E-state index is 12.4. The van der Waals surface area contributed by atoms with Crippen molar-refractivity contribution in [3.63, 3.8) is 0 Å². The zero-order valence-corrected chi connectivity index (χ0v) is 12.1. The predicted molar refractivity (Wildman–Crippen MR) is 83.3 cm³/mol. The van der Waals surface area contributed by atoms with Crippen LogP contribution in [0.1, 0.15) is 37.7 Å². The van der Waals surface area contributed by atoms with Crippen molar-refractivity contribution in [3.8, 4) is 0 Å². The molecule has 0 aliphatic heterocycles. The van der Waals surface area contributed by atoms with Gasteiger partial charge in [-0.25, -0.2) is 0 Å². The zero-order valence-electron chi connectivity index (χ0n) is 12.1. The number of nitrogen functional groups attached to an aromatic ring is 1. The summed E-state index contributed by atoms with van der Waals surface area (Å²) in [6, 6.07) is 8.18. The number of amides is 1. The highest BCUT2D eigenvalue weighted by Crippen LogP contribution is 2.24. The van der Waals surface area contributed by atoms with Gasteiger partial charge in [0, 0.05) is 24.7 Å². The van der Waals surface area contributed by atoms with Gasteiger partial charge in [0.2, 0.25) is 5.91 Å². The first-order valence-corrected chi connectivity index (χ1v) is 7.46. The minimum Gasteiger partial charge on any atom is -0.399 e. The van der Waals surface area contributed by atoms with Gasteiger partial charge in [0.25, 0.3) is 0 Å². The lowest BCUT2D eigenvalue weighted by atomic mass is 10.1. The average Bonchev–Trinajstić information content (AvgIpc) is 2.97. The van der Waals surface area contributed by atoms with Gasteiger partial charge in [0.05, 0.1) is 0 Å². The van der Waals surface area contributed by atoms with Crippen LogP contribution in [0.4, 0.5) is 5.69 Å². The Morgan fingerprint density at radius 1 is 1.35 bits per heavy atom. The molecule has 1 aromatic rings. The Hall–Kier alpha value is -1.77. The maximum absolute atomic E-state index is 12.4. The molecule has 2 N–H and O–H groups in total. The van der Waals surface area contributed by atoms with Crippen LogP contribution in [-0.4, -0.2) is 23.4 Å². The monoisotopic (exact) mass is 272 g/mol. The largest absolute Gasteiger partial charge is 0.399 e. The number of carbonyl (C=O) groups is 1. The summed E-state index contributed by atoms with van der Waals surface area (Å²) in [5, 5.41) is 0. The van der Waals surface area contributed by atoms with Crippen molar-refractivity contribution in [2.75, 3.05) is 12.3 Å². The molecule has 2 rings (SSSR count). The summed E-state index contributed by atoms with van der Waals surface area (Å²) in [7, 11) is 0. The van der Waals surface area contributed by atoms with E-state index in [1.807, 2.05) is 35.2 Å². The van der Waals surface area contributed by atoms with E-state index < -0.39 is 0 Å². The minimum absolute atomic E-state index is 0.222. The van der Waals surface area contributed by atoms with Crippen LogP contribution in [0.25, 0.3) is 0 Å². The number of anilines is 1. The average molecular weight is 272 g/mol. The highest BCUT2D eigenvalue weighted by molar-refractivity contribution is 5.77. The third-order valence-corrected chi connectivity index (χ3v) is 4.07. The molecule has 1 fully saturated rings. The van der Waals surface area contributed by atoms with Crippen molar-refractivity contribution in [2.24, 2.45) is 0 Å². The van der Waals surface area contributed by atoms with Crippen LogP contribution < -0.4 is 5.73 Å². The number of nitrogens with zero attached hydrogens (tertiary/aromatic N) is 1. The summed E-state index contributed by atoms with van der Waals surface area (Å²) in [5.74, 6) is 0.222. The number of aryl methyl sites for hydroxylation is 1. The summed E-state index contributed by atoms with van der Waals surface area (Å²) in [6.07, 6.45) is 7.80. The molecule has 1 saturated carbocycles. The van der Waals surface area contributed by atoms with E-state index in [1.165, 1.54) is 12.8 Å². The van der Waals surface area contributed by atoms with Gasteiger partial charge in [-0.2, -0.15) is 0 Å². The number of hydrogen-bond donors (Lipinski definition) is 1. The summed E-state index contributed by atoms with van der Waals surface area (Å²) in [4.78, 5) is 14.4. The molecular formula is C17H24N2O. The van der Waals surface area contributed by atoms with Gasteiger partial charge in [-0.05, 0) is 30.9 Å². The molecule has 0 radical (unpaired) electrons. The van der Waals surface area contributed by atoms with E-state index in [2.05, 4.69) is 6.58 Å². The summed E-state index contributed by atoms with van der Waals surface area (Å²) in [6.45, 7) is 4.43. The molecule has 0 heterocycles. The van der Waals surface area contributed by atoms with Gasteiger partial charge in [-0.3, -0.25) is 4.79 Å². The third kappa shape index (κ3) is 3.62. The Bertz CT molecular complexity index is 464. The first kappa shape index (κ1) is 14.6. The van der Waals surface area contributed by atoms with Crippen molar-refractivity contribution in [3.05, 3.63) is 42.5 Å². The molecule has 1 amide bonds. The highest BCUT2D eigenvalue weighted by Gasteiger charge is 2.25. The van der Waals surface area contributed by atoms with Crippen LogP contribution >= 0.6 is 0 Å². The van der Waals surface area contributed by atoms with Crippen LogP contribution in [-0.2, 0) is 11.2 Å². The van der Waals surface area contributed by atoms with Crippen molar-refractivity contribution in [1.82, 2.24) is 4.90 Å². The van der Waals surface area contributed by atoms with Gasteiger partial charge < -0.3 is 10.6 Å². The van der Waals surface area contributed by atoms with Gasteiger partial charge in [0.15, 0.2) is 0 Å². The third-order valence-electron chi connectivity index (χ3n) is 4.07. The Morgan fingerprint density at radius 3 is 2.70 bits per heavy atom. The van der Waals surface area contributed by atoms with Crippen LogP contribution in [0.15, 0.2) is 36.9 Å². The van der Waals surface area contributed by atoms with Crippen LogP contribution in [0.2, 0.25) is 0 Å². The Morgan fingerprint density at radius 2 is 2.05 bits per heavy atom. The van der Waals surface area contributed by atoms with Crippen LogP contribution in [0.3, 0.4) is 0 Å². The number of hydrogen-bond acceptors (Lipinski definition) is 2. The van der Waals surface area contributed by atoms with Gasteiger partial charge >= 0.3 is 0 Å². The van der Waals surface area contributed by atoms with E-state index in [0.717, 1.165) is 24.1 Å². The second-order valence-corrected chi connectivity index (χ2v) is 5.47. The van der Waals surface area contributed by atoms with E-state index in [4.69, 9.17) is 5.73 Å². The lowest BCUT2D eigenvalue weighted by Crippen LogP contribution is -2.39. The Balaban J connectivity index is 1.94. The fraction of sp³-hybridized carbons (Fsp3) is 0.471. The van der Waals surface area contributed by atoms with E-state index in [0.29, 0.717) is 25.4 Å². The normalized spacial score (nSPS) is 15.2. The van der Waals surface area contributed by atoms with Gasteiger partial charge in [-0.1, -0.05) is 37.1 Å². The molecule has 1 aliphatic carbocycles. The van der Waals surface area contributed by atoms with Crippen LogP contribution in [0, 0.1) is 0 Å². The Kier molecular flexibility index (Phi) is 5.22. The van der Waals surface area contributed by atoms with Crippen molar-refractivity contribution in [2.45, 2.75) is 44.6 Å². The summed E-state index contributed by atoms with van der Waals surface area (Å²) < 4.78 is 0. The molecule has 1 aromatic carbocycles. The van der Waals surface area contributed by atoms with Crippen molar-refractivity contribution < 1.29 is 4.79 Å². The molecule has 0 spiro atoms. The van der Waals surface area contributed by atoms with E-state index >= 15 is 0 Å². The first-order valence-electron chi connectivity index (χ1n) is 7.46. The lowest BCUT2D eigenvalue weighted by molar-refractivity contribution is -0.132. The standard InChI is InChI=1S/C17H24N2O/c1-2-13-19(15-8-4-5-9-15)17(20)12-11-14-7-3-6-10-16(14)18/h2-3,6-7,10,15H,1,4-5,8-9,11-13,18H2. The number of rotatable bonds is 6. The quantitative estimate of drug-likeness (QED) is 0.638. The van der Waals surface area contributed by atoms with Crippen molar-refractivity contribution in [1.29, 1.82) is 0 Å². The number of para-hydroxylation sites is 1. The van der Waals surface area contributed by atoms with Gasteiger partial charge in [0.1, 0.15) is 0 Å². The fourth-order valence-electron chi connectivity index (χ4n) is 2.96. The van der Waals surface area contributed by atoms with Crippen LogP contribution in [0.5, 0.6) is 0 Å². The molecule has 0 aromatic heterocycles. The molecule has 0 bridgehead atoms. The highest BCUT2D eigenvalue weighted by atomic mass is 16.2. The second-order valence-electron chi connectivity index (χ2n) is 5.47. The Labute approximate surface area is 121 Å².